The number of ether oxygens (including phenoxy) is 3. The van der Waals surface area contributed by atoms with Gasteiger partial charge in [0.05, 0.1) is 0 Å². The first kappa shape index (κ1) is 21.0. The van der Waals surface area contributed by atoms with E-state index in [2.05, 4.69) is 20.1 Å². The number of nitrogens with one attached hydrogen (secondary N) is 2. The van der Waals surface area contributed by atoms with E-state index in [-0.39, 0.29) is 17.2 Å². The van der Waals surface area contributed by atoms with Gasteiger partial charge in [0.2, 0.25) is 0 Å². The fraction of sp³-hybridized carbons (Fsp3) is 0.250. The molecule has 158 valence electrons. The third-order valence-corrected chi connectivity index (χ3v) is 3.93. The zero-order valence-corrected chi connectivity index (χ0v) is 16.1. The summed E-state index contributed by atoms with van der Waals surface area (Å²) in [6.07, 6.45) is -3.76. The predicted octanol–water partition coefficient (Wildman–Crippen LogP) is 2.54. The maximum atomic E-state index is 13.0. The van der Waals surface area contributed by atoms with Crippen LogP contribution >= 0.6 is 0 Å². The van der Waals surface area contributed by atoms with Crippen molar-refractivity contribution < 1.29 is 37.4 Å². The fourth-order valence-corrected chi connectivity index (χ4v) is 2.78. The normalized spacial score (nSPS) is 13.5. The first-order valence-electron chi connectivity index (χ1n) is 8.83. The van der Waals surface area contributed by atoms with Gasteiger partial charge in [-0.2, -0.15) is 0 Å². The molecule has 10 heteroatoms. The van der Waals surface area contributed by atoms with Gasteiger partial charge < -0.3 is 24.8 Å². The number of esters is 1. The minimum atomic E-state index is -3.76. The van der Waals surface area contributed by atoms with Crippen LogP contribution in [0.5, 0.6) is 11.5 Å². The van der Waals surface area contributed by atoms with Crippen molar-refractivity contribution in [1.82, 2.24) is 5.32 Å². The summed E-state index contributed by atoms with van der Waals surface area (Å²) in [6, 6.07) is 8.97. The van der Waals surface area contributed by atoms with Crippen LogP contribution in [-0.2, 0) is 14.3 Å². The number of benzene rings is 2. The minimum absolute atomic E-state index is 0.152. The van der Waals surface area contributed by atoms with Gasteiger partial charge in [-0.25, -0.2) is 0 Å². The zero-order valence-electron chi connectivity index (χ0n) is 16.1. The van der Waals surface area contributed by atoms with Crippen molar-refractivity contribution in [3.8, 4) is 11.5 Å². The molecule has 0 saturated carbocycles. The van der Waals surface area contributed by atoms with E-state index in [1.165, 1.54) is 12.1 Å². The summed E-state index contributed by atoms with van der Waals surface area (Å²) < 4.78 is 39.3. The van der Waals surface area contributed by atoms with Crippen LogP contribution in [0.1, 0.15) is 21.5 Å². The Balaban J connectivity index is 1.44. The van der Waals surface area contributed by atoms with Gasteiger partial charge in [-0.3, -0.25) is 14.4 Å². The molecule has 0 radical (unpaired) electrons. The third-order valence-electron chi connectivity index (χ3n) is 3.93. The van der Waals surface area contributed by atoms with Gasteiger partial charge in [0, 0.05) is 17.3 Å². The standard InChI is InChI=1S/C20H18F2N2O6/c1-11-5-12(2)7-13(6-11)19(27)23-9-18(26)28-10-17(25)24-14-3-4-15-16(8-14)30-20(21,22)29-15/h3-8H,9-10H2,1-2H3,(H,23,27)(H,24,25). The molecule has 0 aliphatic carbocycles. The molecule has 8 nitrogen and oxygen atoms in total. The predicted molar refractivity (Wildman–Crippen MR) is 100 cm³/mol. The van der Waals surface area contributed by atoms with E-state index in [1.807, 2.05) is 19.9 Å². The minimum Gasteiger partial charge on any atom is -0.454 e. The van der Waals surface area contributed by atoms with Gasteiger partial charge >= 0.3 is 12.3 Å². The second-order valence-corrected chi connectivity index (χ2v) is 6.60. The number of carbonyl (C=O) groups is 3. The van der Waals surface area contributed by atoms with Crippen LogP contribution in [0.25, 0.3) is 0 Å². The molecular weight excluding hydrogens is 402 g/mol. The highest BCUT2D eigenvalue weighted by Crippen LogP contribution is 2.42. The smallest absolute Gasteiger partial charge is 0.454 e. The summed E-state index contributed by atoms with van der Waals surface area (Å²) >= 11 is 0. The van der Waals surface area contributed by atoms with Crippen LogP contribution in [-0.4, -0.2) is 37.2 Å². The molecule has 0 aromatic heterocycles. The number of rotatable bonds is 6. The summed E-state index contributed by atoms with van der Waals surface area (Å²) in [7, 11) is 0. The SMILES string of the molecule is Cc1cc(C)cc(C(=O)NCC(=O)OCC(=O)Nc2ccc3c(c2)OC(F)(F)O3)c1. The van der Waals surface area contributed by atoms with Gasteiger partial charge in [0.1, 0.15) is 6.54 Å². The Morgan fingerprint density at radius 2 is 1.67 bits per heavy atom. The first-order chi connectivity index (χ1) is 14.1. The van der Waals surface area contributed by atoms with Gasteiger partial charge in [0.15, 0.2) is 18.1 Å². The summed E-state index contributed by atoms with van der Waals surface area (Å²) in [4.78, 5) is 35.7. The summed E-state index contributed by atoms with van der Waals surface area (Å²) in [5, 5.41) is 4.79. The van der Waals surface area contributed by atoms with Crippen LogP contribution in [0.4, 0.5) is 14.5 Å². The Labute approximate surface area is 170 Å². The van der Waals surface area contributed by atoms with Crippen molar-refractivity contribution in [2.24, 2.45) is 0 Å². The van der Waals surface area contributed by atoms with Crippen LogP contribution in [0.15, 0.2) is 36.4 Å². The zero-order chi connectivity index (χ0) is 21.9. The lowest BCUT2D eigenvalue weighted by Gasteiger charge is -2.09. The molecule has 2 amide bonds. The van der Waals surface area contributed by atoms with Crippen molar-refractivity contribution in [1.29, 1.82) is 0 Å². The highest BCUT2D eigenvalue weighted by atomic mass is 19.3. The number of halogens is 2. The van der Waals surface area contributed by atoms with Gasteiger partial charge in [-0.1, -0.05) is 17.2 Å². The average Bonchev–Trinajstić information content (AvgIpc) is 2.96. The van der Waals surface area contributed by atoms with E-state index in [0.29, 0.717) is 5.56 Å². The molecule has 0 bridgehead atoms. The molecule has 3 rings (SSSR count). The molecule has 0 fully saturated rings. The topological polar surface area (TPSA) is 103 Å². The van der Waals surface area contributed by atoms with Crippen LogP contribution in [0.3, 0.4) is 0 Å². The number of alkyl halides is 2. The van der Waals surface area contributed by atoms with Crippen LogP contribution in [0.2, 0.25) is 0 Å². The fourth-order valence-electron chi connectivity index (χ4n) is 2.78. The van der Waals surface area contributed by atoms with Gasteiger partial charge in [0.25, 0.3) is 11.8 Å². The molecule has 0 atom stereocenters. The Hall–Kier alpha value is -3.69. The van der Waals surface area contributed by atoms with E-state index >= 15 is 0 Å². The number of fused-ring (bicyclic) bond motifs is 1. The maximum Gasteiger partial charge on any atom is 0.586 e. The second kappa shape index (κ2) is 8.36. The second-order valence-electron chi connectivity index (χ2n) is 6.60. The molecule has 1 heterocycles. The molecule has 1 aliphatic rings. The molecule has 2 N–H and O–H groups in total. The van der Waals surface area contributed by atoms with Gasteiger partial charge in [-0.15, -0.1) is 8.78 Å². The number of anilines is 1. The van der Waals surface area contributed by atoms with E-state index in [4.69, 9.17) is 4.74 Å². The summed E-state index contributed by atoms with van der Waals surface area (Å²) in [5.74, 6) is -2.35. The molecule has 2 aromatic rings. The maximum absolute atomic E-state index is 13.0. The average molecular weight is 420 g/mol. The third kappa shape index (κ3) is 5.43. The van der Waals surface area contributed by atoms with E-state index in [0.717, 1.165) is 17.2 Å². The highest BCUT2D eigenvalue weighted by molar-refractivity contribution is 5.97. The van der Waals surface area contributed by atoms with Crippen molar-refractivity contribution in [2.75, 3.05) is 18.5 Å². The Kier molecular flexibility index (Phi) is 5.86. The number of hydrogen-bond donors (Lipinski definition) is 2. The molecule has 1 aliphatic heterocycles. The molecule has 30 heavy (non-hydrogen) atoms. The molecule has 0 unspecified atom stereocenters. The largest absolute Gasteiger partial charge is 0.586 e. The van der Waals surface area contributed by atoms with Crippen molar-refractivity contribution >= 4 is 23.5 Å². The summed E-state index contributed by atoms with van der Waals surface area (Å²) in [5.41, 5.74) is 2.38. The number of amides is 2. The molecule has 0 saturated heterocycles. The van der Waals surface area contributed by atoms with Crippen molar-refractivity contribution in [3.05, 3.63) is 53.1 Å². The number of hydrogen-bond acceptors (Lipinski definition) is 6. The quantitative estimate of drug-likeness (QED) is 0.697. The van der Waals surface area contributed by atoms with E-state index in [9.17, 15) is 23.2 Å². The Bertz CT molecular complexity index is 989. The number of aryl methyl sites for hydroxylation is 2. The van der Waals surface area contributed by atoms with E-state index < -0.39 is 37.2 Å². The Morgan fingerprint density at radius 3 is 2.37 bits per heavy atom. The summed E-state index contributed by atoms with van der Waals surface area (Å²) in [6.45, 7) is 2.66. The highest BCUT2D eigenvalue weighted by Gasteiger charge is 2.43. The monoisotopic (exact) mass is 420 g/mol. The molecular formula is C20H18F2N2O6. The van der Waals surface area contributed by atoms with E-state index in [1.54, 1.807) is 12.1 Å². The van der Waals surface area contributed by atoms with Crippen molar-refractivity contribution in [2.45, 2.75) is 20.1 Å². The van der Waals surface area contributed by atoms with Crippen LogP contribution in [0, 0.1) is 13.8 Å². The first-order valence-corrected chi connectivity index (χ1v) is 8.83. The van der Waals surface area contributed by atoms with Crippen LogP contribution < -0.4 is 20.1 Å². The van der Waals surface area contributed by atoms with Gasteiger partial charge in [-0.05, 0) is 38.1 Å². The Morgan fingerprint density at radius 1 is 1.00 bits per heavy atom. The lowest BCUT2D eigenvalue weighted by molar-refractivity contribution is -0.286. The van der Waals surface area contributed by atoms with Crippen molar-refractivity contribution in [3.63, 3.8) is 0 Å². The number of carbonyl (C=O) groups excluding carboxylic acids is 3. The molecule has 0 spiro atoms. The lowest BCUT2D eigenvalue weighted by Crippen LogP contribution is -2.32. The lowest BCUT2D eigenvalue weighted by atomic mass is 10.1. The molecule has 2 aromatic carbocycles.